The summed E-state index contributed by atoms with van der Waals surface area (Å²) >= 11 is 6.21. The Bertz CT molecular complexity index is 992. The van der Waals surface area contributed by atoms with Gasteiger partial charge in [-0.1, -0.05) is 66.2 Å². The van der Waals surface area contributed by atoms with Crippen molar-refractivity contribution < 1.29 is 14.6 Å². The van der Waals surface area contributed by atoms with Crippen molar-refractivity contribution in [1.82, 2.24) is 4.90 Å². The molecule has 3 aromatic carbocycles. The van der Waals surface area contributed by atoms with E-state index in [1.807, 2.05) is 73.7 Å². The molecular formula is C28H33Cl2NO3. The maximum Gasteiger partial charge on any atom is 0.119 e. The summed E-state index contributed by atoms with van der Waals surface area (Å²) in [5.74, 6) is 0.644. The minimum absolute atomic E-state index is 0. The van der Waals surface area contributed by atoms with Crippen LogP contribution in [0.2, 0.25) is 5.02 Å². The third-order valence-electron chi connectivity index (χ3n) is 6.37. The highest BCUT2D eigenvalue weighted by Gasteiger charge is 2.40. The molecule has 0 aromatic heterocycles. The van der Waals surface area contributed by atoms with Crippen LogP contribution >= 0.6 is 24.0 Å². The van der Waals surface area contributed by atoms with Crippen molar-refractivity contribution in [3.05, 3.63) is 101 Å². The van der Waals surface area contributed by atoms with Gasteiger partial charge in [-0.2, -0.15) is 0 Å². The lowest BCUT2D eigenvalue weighted by Crippen LogP contribution is -2.45. The van der Waals surface area contributed by atoms with Gasteiger partial charge in [0.25, 0.3) is 0 Å². The van der Waals surface area contributed by atoms with E-state index in [9.17, 15) is 5.11 Å². The first-order chi connectivity index (χ1) is 16.1. The summed E-state index contributed by atoms with van der Waals surface area (Å²) in [6, 6.07) is 26.0. The first-order valence-electron chi connectivity index (χ1n) is 11.6. The molecule has 0 spiro atoms. The lowest BCUT2D eigenvalue weighted by atomic mass is 9.73. The van der Waals surface area contributed by atoms with E-state index in [1.165, 1.54) is 0 Å². The summed E-state index contributed by atoms with van der Waals surface area (Å²) in [5, 5.41) is 13.2. The fraction of sp³-hybridized carbons (Fsp3) is 0.357. The van der Waals surface area contributed by atoms with Gasteiger partial charge in [-0.15, -0.1) is 12.4 Å². The van der Waals surface area contributed by atoms with Crippen molar-refractivity contribution in [3.63, 3.8) is 0 Å². The number of aliphatic hydroxyl groups is 1. The van der Waals surface area contributed by atoms with E-state index in [4.69, 9.17) is 21.1 Å². The Hall–Kier alpha value is -2.08. The molecule has 1 aliphatic rings. The summed E-state index contributed by atoms with van der Waals surface area (Å²) in [7, 11) is 0. The Balaban J connectivity index is 0.00000324. The van der Waals surface area contributed by atoms with E-state index < -0.39 is 5.60 Å². The van der Waals surface area contributed by atoms with Crippen molar-refractivity contribution in [2.24, 2.45) is 0 Å². The SMILES string of the molecule is CCOc1ccc(C(O)(Cc2ccccc2)C(CN2CCOCC2)c2ccc(Cl)cc2)cc1.Cl. The molecule has 0 radical (unpaired) electrons. The van der Waals surface area contributed by atoms with Crippen molar-refractivity contribution >= 4 is 24.0 Å². The minimum atomic E-state index is -1.13. The van der Waals surface area contributed by atoms with E-state index in [0.717, 1.165) is 42.1 Å². The van der Waals surface area contributed by atoms with Crippen LogP contribution in [0.5, 0.6) is 5.75 Å². The van der Waals surface area contributed by atoms with Crippen LogP contribution < -0.4 is 4.74 Å². The first-order valence-corrected chi connectivity index (χ1v) is 12.0. The number of halogens is 2. The zero-order valence-electron chi connectivity index (χ0n) is 19.5. The Morgan fingerprint density at radius 1 is 0.971 bits per heavy atom. The Kier molecular flexibility index (Phi) is 9.81. The van der Waals surface area contributed by atoms with E-state index in [0.29, 0.717) is 31.3 Å². The number of benzene rings is 3. The van der Waals surface area contributed by atoms with Crippen molar-refractivity contribution in [2.45, 2.75) is 24.9 Å². The Morgan fingerprint density at radius 3 is 2.24 bits per heavy atom. The fourth-order valence-corrected chi connectivity index (χ4v) is 4.74. The van der Waals surface area contributed by atoms with Gasteiger partial charge in [0.15, 0.2) is 0 Å². The average molecular weight is 502 g/mol. The van der Waals surface area contributed by atoms with Crippen molar-refractivity contribution in [2.75, 3.05) is 39.5 Å². The number of morpholine rings is 1. The maximum absolute atomic E-state index is 12.5. The molecule has 4 rings (SSSR count). The zero-order chi connectivity index (χ0) is 23.1. The third-order valence-corrected chi connectivity index (χ3v) is 6.63. The first kappa shape index (κ1) is 26.5. The molecule has 182 valence electrons. The number of nitrogens with zero attached hydrogens (tertiary/aromatic N) is 1. The summed E-state index contributed by atoms with van der Waals surface area (Å²) in [4.78, 5) is 2.38. The van der Waals surface area contributed by atoms with Gasteiger partial charge in [0.1, 0.15) is 11.4 Å². The van der Waals surface area contributed by atoms with Crippen LogP contribution in [0.15, 0.2) is 78.9 Å². The summed E-state index contributed by atoms with van der Waals surface area (Å²) in [6.45, 7) is 6.45. The number of hydrogen-bond acceptors (Lipinski definition) is 4. The topological polar surface area (TPSA) is 41.9 Å². The Labute approximate surface area is 213 Å². The van der Waals surface area contributed by atoms with Gasteiger partial charge in [0, 0.05) is 37.0 Å². The third kappa shape index (κ3) is 6.53. The second kappa shape index (κ2) is 12.6. The van der Waals surface area contributed by atoms with Gasteiger partial charge < -0.3 is 14.6 Å². The maximum atomic E-state index is 12.5. The highest BCUT2D eigenvalue weighted by molar-refractivity contribution is 6.30. The van der Waals surface area contributed by atoms with Crippen molar-refractivity contribution in [1.29, 1.82) is 0 Å². The van der Waals surface area contributed by atoms with Crippen LogP contribution in [0.3, 0.4) is 0 Å². The number of ether oxygens (including phenoxy) is 2. The molecule has 2 atom stereocenters. The minimum Gasteiger partial charge on any atom is -0.494 e. The lowest BCUT2D eigenvalue weighted by molar-refractivity contribution is -0.0223. The molecular weight excluding hydrogens is 469 g/mol. The summed E-state index contributed by atoms with van der Waals surface area (Å²) in [5.41, 5.74) is 1.91. The van der Waals surface area contributed by atoms with E-state index in [1.54, 1.807) is 0 Å². The number of rotatable bonds is 9. The molecule has 1 aliphatic heterocycles. The molecule has 1 heterocycles. The van der Waals surface area contributed by atoms with Gasteiger partial charge in [0.05, 0.1) is 19.8 Å². The molecule has 6 heteroatoms. The average Bonchev–Trinajstić information content (AvgIpc) is 2.85. The normalized spacial score (nSPS) is 16.8. The lowest BCUT2D eigenvalue weighted by Gasteiger charge is -2.41. The molecule has 1 N–H and O–H groups in total. The Morgan fingerprint density at radius 2 is 1.62 bits per heavy atom. The van der Waals surface area contributed by atoms with E-state index >= 15 is 0 Å². The highest BCUT2D eigenvalue weighted by Crippen LogP contribution is 2.41. The predicted molar refractivity (Wildman–Crippen MR) is 140 cm³/mol. The van der Waals surface area contributed by atoms with Crippen LogP contribution in [-0.2, 0) is 16.8 Å². The predicted octanol–water partition coefficient (Wildman–Crippen LogP) is 5.71. The second-order valence-corrected chi connectivity index (χ2v) is 9.00. The fourth-order valence-electron chi connectivity index (χ4n) is 4.61. The van der Waals surface area contributed by atoms with Crippen LogP contribution in [0, 0.1) is 0 Å². The molecule has 2 unspecified atom stereocenters. The smallest absolute Gasteiger partial charge is 0.119 e. The number of hydrogen-bond donors (Lipinski definition) is 1. The van der Waals surface area contributed by atoms with Crippen LogP contribution in [0.1, 0.15) is 29.5 Å². The van der Waals surface area contributed by atoms with Gasteiger partial charge in [0.2, 0.25) is 0 Å². The quantitative estimate of drug-likeness (QED) is 0.407. The van der Waals surface area contributed by atoms with Gasteiger partial charge in [-0.25, -0.2) is 0 Å². The molecule has 34 heavy (non-hydrogen) atoms. The zero-order valence-corrected chi connectivity index (χ0v) is 21.1. The van der Waals surface area contributed by atoms with E-state index in [-0.39, 0.29) is 18.3 Å². The van der Waals surface area contributed by atoms with E-state index in [2.05, 4.69) is 17.0 Å². The van der Waals surface area contributed by atoms with Crippen LogP contribution in [0.4, 0.5) is 0 Å². The van der Waals surface area contributed by atoms with Crippen LogP contribution in [-0.4, -0.2) is 49.5 Å². The molecule has 0 amide bonds. The van der Waals surface area contributed by atoms with Gasteiger partial charge in [-0.3, -0.25) is 4.90 Å². The standard InChI is InChI=1S/C28H32ClNO3.ClH/c1-2-33-26-14-10-24(11-15-26)28(31,20-22-6-4-3-5-7-22)27(21-30-16-18-32-19-17-30)23-8-12-25(29)13-9-23;/h3-15,27,31H,2,16-21H2,1H3;1H. The molecule has 0 bridgehead atoms. The second-order valence-electron chi connectivity index (χ2n) is 8.56. The molecule has 1 saturated heterocycles. The van der Waals surface area contributed by atoms with Gasteiger partial charge >= 0.3 is 0 Å². The summed E-state index contributed by atoms with van der Waals surface area (Å²) in [6.07, 6.45) is 0.499. The molecule has 1 fully saturated rings. The highest BCUT2D eigenvalue weighted by atomic mass is 35.5. The molecule has 3 aromatic rings. The van der Waals surface area contributed by atoms with Crippen LogP contribution in [0.25, 0.3) is 0 Å². The molecule has 0 aliphatic carbocycles. The van der Waals surface area contributed by atoms with Crippen molar-refractivity contribution in [3.8, 4) is 5.75 Å². The summed E-state index contributed by atoms with van der Waals surface area (Å²) < 4.78 is 11.2. The molecule has 0 saturated carbocycles. The monoisotopic (exact) mass is 501 g/mol. The van der Waals surface area contributed by atoms with Gasteiger partial charge in [-0.05, 0) is 47.9 Å². The molecule has 4 nitrogen and oxygen atoms in total. The largest absolute Gasteiger partial charge is 0.494 e.